The molecule has 1 heterocycles. The van der Waals surface area contributed by atoms with Crippen LogP contribution >= 0.6 is 0 Å². The van der Waals surface area contributed by atoms with Gasteiger partial charge in [0.1, 0.15) is 6.10 Å². The summed E-state index contributed by atoms with van der Waals surface area (Å²) in [6.07, 6.45) is -0.171. The zero-order valence-corrected chi connectivity index (χ0v) is 6.91. The standard InChI is InChI=1S/C7H15NO3/c1-7(2)10-4-6(11-7)5(8)3-9/h5-6,9H,3-4,8H2,1-2H3/t5-,6+/m0/s1. The van der Waals surface area contributed by atoms with Gasteiger partial charge in [-0.05, 0) is 13.8 Å². The average molecular weight is 161 g/mol. The molecule has 11 heavy (non-hydrogen) atoms. The van der Waals surface area contributed by atoms with Gasteiger partial charge in [0.2, 0.25) is 0 Å². The molecule has 3 N–H and O–H groups in total. The van der Waals surface area contributed by atoms with Gasteiger partial charge in [0.25, 0.3) is 0 Å². The molecule has 0 bridgehead atoms. The fourth-order valence-corrected chi connectivity index (χ4v) is 1.04. The molecule has 0 aromatic carbocycles. The molecule has 1 fully saturated rings. The van der Waals surface area contributed by atoms with Crippen molar-refractivity contribution in [2.24, 2.45) is 5.73 Å². The highest BCUT2D eigenvalue weighted by atomic mass is 16.7. The lowest BCUT2D eigenvalue weighted by atomic mass is 10.2. The minimum Gasteiger partial charge on any atom is -0.395 e. The molecule has 0 spiro atoms. The first kappa shape index (κ1) is 8.93. The van der Waals surface area contributed by atoms with Crippen molar-refractivity contribution in [2.75, 3.05) is 13.2 Å². The molecule has 0 amide bonds. The second-order valence-electron chi connectivity index (χ2n) is 3.21. The number of rotatable bonds is 2. The maximum absolute atomic E-state index is 8.70. The molecular weight excluding hydrogens is 146 g/mol. The van der Waals surface area contributed by atoms with Crippen molar-refractivity contribution in [1.82, 2.24) is 0 Å². The summed E-state index contributed by atoms with van der Waals surface area (Å²) in [5.41, 5.74) is 5.54. The summed E-state index contributed by atoms with van der Waals surface area (Å²) >= 11 is 0. The number of hydrogen-bond acceptors (Lipinski definition) is 4. The predicted octanol–water partition coefficient (Wildman–Crippen LogP) is -0.542. The van der Waals surface area contributed by atoms with Crippen molar-refractivity contribution >= 4 is 0 Å². The Balaban J connectivity index is 2.41. The van der Waals surface area contributed by atoms with E-state index in [-0.39, 0.29) is 18.8 Å². The molecule has 0 unspecified atom stereocenters. The van der Waals surface area contributed by atoms with E-state index < -0.39 is 5.79 Å². The number of hydrogen-bond donors (Lipinski definition) is 2. The summed E-state index contributed by atoms with van der Waals surface area (Å²) in [5.74, 6) is -0.544. The number of aliphatic hydroxyl groups excluding tert-OH is 1. The zero-order chi connectivity index (χ0) is 8.48. The van der Waals surface area contributed by atoms with E-state index in [1.54, 1.807) is 0 Å². The quantitative estimate of drug-likeness (QED) is 0.570. The predicted molar refractivity (Wildman–Crippen MR) is 40.0 cm³/mol. The van der Waals surface area contributed by atoms with Gasteiger partial charge in [0, 0.05) is 0 Å². The molecule has 0 saturated carbocycles. The highest BCUT2D eigenvalue weighted by molar-refractivity contribution is 4.79. The average Bonchev–Trinajstić information content (AvgIpc) is 2.29. The van der Waals surface area contributed by atoms with E-state index in [1.807, 2.05) is 13.8 Å². The molecule has 2 atom stereocenters. The van der Waals surface area contributed by atoms with Crippen LogP contribution in [0.25, 0.3) is 0 Å². The van der Waals surface area contributed by atoms with Crippen LogP contribution < -0.4 is 5.73 Å². The van der Waals surface area contributed by atoms with Gasteiger partial charge in [-0.1, -0.05) is 0 Å². The molecule has 1 rings (SSSR count). The van der Waals surface area contributed by atoms with Gasteiger partial charge < -0.3 is 20.3 Å². The first-order valence-corrected chi connectivity index (χ1v) is 3.73. The van der Waals surface area contributed by atoms with Crippen LogP contribution in [0, 0.1) is 0 Å². The highest BCUT2D eigenvalue weighted by Gasteiger charge is 2.35. The minimum atomic E-state index is -0.544. The Morgan fingerprint density at radius 1 is 1.73 bits per heavy atom. The Morgan fingerprint density at radius 3 is 2.73 bits per heavy atom. The lowest BCUT2D eigenvalue weighted by molar-refractivity contribution is -0.141. The van der Waals surface area contributed by atoms with Gasteiger partial charge in [0.15, 0.2) is 5.79 Å². The third-order valence-electron chi connectivity index (χ3n) is 1.72. The van der Waals surface area contributed by atoms with E-state index in [2.05, 4.69) is 0 Å². The van der Waals surface area contributed by atoms with Crippen molar-refractivity contribution in [3.63, 3.8) is 0 Å². The smallest absolute Gasteiger partial charge is 0.163 e. The molecule has 66 valence electrons. The first-order valence-electron chi connectivity index (χ1n) is 3.73. The topological polar surface area (TPSA) is 64.7 Å². The van der Waals surface area contributed by atoms with E-state index in [0.717, 1.165) is 0 Å². The van der Waals surface area contributed by atoms with Crippen LogP contribution in [0.3, 0.4) is 0 Å². The molecule has 4 nitrogen and oxygen atoms in total. The molecule has 1 saturated heterocycles. The SMILES string of the molecule is CC1(C)OC[C@H]([C@@H](N)CO)O1. The van der Waals surface area contributed by atoms with Crippen molar-refractivity contribution in [2.45, 2.75) is 31.8 Å². The number of nitrogens with two attached hydrogens (primary N) is 1. The van der Waals surface area contributed by atoms with Crippen LogP contribution in [-0.2, 0) is 9.47 Å². The molecule has 0 radical (unpaired) electrons. The van der Waals surface area contributed by atoms with Crippen LogP contribution in [0.1, 0.15) is 13.8 Å². The summed E-state index contributed by atoms with van der Waals surface area (Å²) in [5, 5.41) is 8.70. The number of ether oxygens (including phenoxy) is 2. The van der Waals surface area contributed by atoms with Crippen molar-refractivity contribution in [1.29, 1.82) is 0 Å². The van der Waals surface area contributed by atoms with Crippen molar-refractivity contribution < 1.29 is 14.6 Å². The Bertz CT molecular complexity index is 138. The Kier molecular flexibility index (Phi) is 2.49. The maximum atomic E-state index is 8.70. The summed E-state index contributed by atoms with van der Waals surface area (Å²) in [7, 11) is 0. The van der Waals surface area contributed by atoms with Gasteiger partial charge in [0.05, 0.1) is 19.3 Å². The highest BCUT2D eigenvalue weighted by Crippen LogP contribution is 2.23. The normalized spacial score (nSPS) is 32.2. The van der Waals surface area contributed by atoms with Crippen molar-refractivity contribution in [3.05, 3.63) is 0 Å². The summed E-state index contributed by atoms with van der Waals surface area (Å²) < 4.78 is 10.7. The van der Waals surface area contributed by atoms with Gasteiger partial charge in [-0.3, -0.25) is 0 Å². The molecule has 4 heteroatoms. The van der Waals surface area contributed by atoms with Crippen LogP contribution in [0.15, 0.2) is 0 Å². The zero-order valence-electron chi connectivity index (χ0n) is 6.91. The van der Waals surface area contributed by atoms with E-state index in [4.69, 9.17) is 20.3 Å². The van der Waals surface area contributed by atoms with Crippen LogP contribution in [0.5, 0.6) is 0 Å². The Hall–Kier alpha value is -0.160. The van der Waals surface area contributed by atoms with E-state index in [1.165, 1.54) is 0 Å². The van der Waals surface area contributed by atoms with Gasteiger partial charge in [-0.25, -0.2) is 0 Å². The van der Waals surface area contributed by atoms with Gasteiger partial charge in [-0.15, -0.1) is 0 Å². The Labute approximate surface area is 66.3 Å². The summed E-state index contributed by atoms with van der Waals surface area (Å²) in [4.78, 5) is 0. The fourth-order valence-electron chi connectivity index (χ4n) is 1.04. The second kappa shape index (κ2) is 3.06. The van der Waals surface area contributed by atoms with Crippen LogP contribution in [0.2, 0.25) is 0 Å². The lowest BCUT2D eigenvalue weighted by Crippen LogP contribution is -2.40. The molecule has 1 aliphatic heterocycles. The number of aliphatic hydroxyl groups is 1. The van der Waals surface area contributed by atoms with Gasteiger partial charge >= 0.3 is 0 Å². The summed E-state index contributed by atoms with van der Waals surface area (Å²) in [6.45, 7) is 4.06. The Morgan fingerprint density at radius 2 is 2.36 bits per heavy atom. The first-order chi connectivity index (χ1) is 5.05. The molecular formula is C7H15NO3. The second-order valence-corrected chi connectivity index (χ2v) is 3.21. The third-order valence-corrected chi connectivity index (χ3v) is 1.72. The monoisotopic (exact) mass is 161 g/mol. The third kappa shape index (κ3) is 2.13. The molecule has 0 aliphatic carbocycles. The van der Waals surface area contributed by atoms with Crippen LogP contribution in [0.4, 0.5) is 0 Å². The van der Waals surface area contributed by atoms with Gasteiger partial charge in [-0.2, -0.15) is 0 Å². The van der Waals surface area contributed by atoms with E-state index in [9.17, 15) is 0 Å². The fraction of sp³-hybridized carbons (Fsp3) is 1.00. The largest absolute Gasteiger partial charge is 0.395 e. The van der Waals surface area contributed by atoms with E-state index >= 15 is 0 Å². The molecule has 1 aliphatic rings. The van der Waals surface area contributed by atoms with Crippen molar-refractivity contribution in [3.8, 4) is 0 Å². The summed E-state index contributed by atoms with van der Waals surface area (Å²) in [6, 6.07) is -0.336. The molecule has 0 aromatic rings. The lowest BCUT2D eigenvalue weighted by Gasteiger charge is -2.19. The maximum Gasteiger partial charge on any atom is 0.163 e. The van der Waals surface area contributed by atoms with E-state index in [0.29, 0.717) is 6.61 Å². The minimum absolute atomic E-state index is 0.0654. The van der Waals surface area contributed by atoms with Crippen LogP contribution in [-0.4, -0.2) is 36.3 Å². The molecule has 0 aromatic heterocycles.